The quantitative estimate of drug-likeness (QED) is 0.756. The summed E-state index contributed by atoms with van der Waals surface area (Å²) in [6.45, 7) is 3.63. The highest BCUT2D eigenvalue weighted by molar-refractivity contribution is 6.32. The van der Waals surface area contributed by atoms with Gasteiger partial charge in [-0.1, -0.05) is 48.9 Å². The minimum atomic E-state index is -0.105. The molecular weight excluding hydrogens is 399 g/mol. The second-order valence-corrected chi connectivity index (χ2v) is 7.14. The van der Waals surface area contributed by atoms with Gasteiger partial charge in [0.15, 0.2) is 11.5 Å². The monoisotopic (exact) mass is 424 g/mol. The molecule has 1 fully saturated rings. The van der Waals surface area contributed by atoms with Gasteiger partial charge in [0.05, 0.1) is 18.7 Å². The van der Waals surface area contributed by atoms with Gasteiger partial charge in [-0.2, -0.15) is 0 Å². The number of hydrogen-bond donors (Lipinski definition) is 1. The molecule has 0 aliphatic carbocycles. The number of nitrogens with zero attached hydrogens (tertiary/aromatic N) is 1. The molecule has 28 heavy (non-hydrogen) atoms. The summed E-state index contributed by atoms with van der Waals surface area (Å²) in [7, 11) is 1.54. The Bertz CT molecular complexity index is 802. The predicted molar refractivity (Wildman–Crippen MR) is 114 cm³/mol. The summed E-state index contributed by atoms with van der Waals surface area (Å²) in [5, 5.41) is 0.370. The first kappa shape index (κ1) is 22.3. The molecule has 1 aliphatic rings. The van der Waals surface area contributed by atoms with Gasteiger partial charge in [0, 0.05) is 30.6 Å². The first-order chi connectivity index (χ1) is 13.0. The van der Waals surface area contributed by atoms with E-state index in [0.29, 0.717) is 41.8 Å². The zero-order valence-electron chi connectivity index (χ0n) is 16.1. The molecule has 152 valence electrons. The van der Waals surface area contributed by atoms with Crippen LogP contribution in [0.1, 0.15) is 35.2 Å². The number of methoxy groups -OCH3 is 1. The van der Waals surface area contributed by atoms with Gasteiger partial charge in [-0.3, -0.25) is 4.79 Å². The summed E-state index contributed by atoms with van der Waals surface area (Å²) < 4.78 is 11.0. The van der Waals surface area contributed by atoms with Crippen molar-refractivity contribution in [1.29, 1.82) is 0 Å². The predicted octanol–water partition coefficient (Wildman–Crippen LogP) is 4.13. The lowest BCUT2D eigenvalue weighted by molar-refractivity contribution is 0.0788. The molecule has 0 bridgehead atoms. The Balaban J connectivity index is 0.00000280. The molecule has 1 aliphatic heterocycles. The van der Waals surface area contributed by atoms with Crippen LogP contribution in [0.2, 0.25) is 5.02 Å². The van der Waals surface area contributed by atoms with E-state index < -0.39 is 0 Å². The van der Waals surface area contributed by atoms with Crippen LogP contribution in [0.4, 0.5) is 0 Å². The summed E-state index contributed by atoms with van der Waals surface area (Å²) in [5.41, 5.74) is 7.94. The van der Waals surface area contributed by atoms with Gasteiger partial charge in [0.2, 0.25) is 0 Å². The molecule has 0 unspecified atom stereocenters. The first-order valence-corrected chi connectivity index (χ1v) is 9.53. The van der Waals surface area contributed by atoms with Crippen molar-refractivity contribution in [3.05, 3.63) is 58.6 Å². The molecule has 2 aromatic rings. The highest BCUT2D eigenvalue weighted by atomic mass is 35.5. The molecule has 1 saturated heterocycles. The number of carbonyl (C=O) groups is 1. The number of halogens is 2. The summed E-state index contributed by atoms with van der Waals surface area (Å²) in [6, 6.07) is 13.3. The van der Waals surface area contributed by atoms with Gasteiger partial charge in [-0.15, -0.1) is 12.4 Å². The van der Waals surface area contributed by atoms with E-state index in [1.807, 2.05) is 25.1 Å². The van der Waals surface area contributed by atoms with E-state index in [9.17, 15) is 4.79 Å². The van der Waals surface area contributed by atoms with Crippen molar-refractivity contribution in [2.75, 3.05) is 26.8 Å². The SMILES string of the molecule is CCCOc1c(Cl)cc(C(=O)N2C[C@@H](N)[C@H](c3ccccc3)C2)cc1OC.Cl. The molecule has 0 saturated carbocycles. The normalized spacial score (nSPS) is 18.5. The van der Waals surface area contributed by atoms with Crippen LogP contribution < -0.4 is 15.2 Å². The van der Waals surface area contributed by atoms with Crippen LogP contribution in [0, 0.1) is 0 Å². The fourth-order valence-corrected chi connectivity index (χ4v) is 3.68. The molecule has 0 spiro atoms. The van der Waals surface area contributed by atoms with Crippen molar-refractivity contribution in [1.82, 2.24) is 4.90 Å². The average Bonchev–Trinajstić information content (AvgIpc) is 3.08. The Labute approximate surface area is 177 Å². The molecule has 0 radical (unpaired) electrons. The Hall–Kier alpha value is -1.95. The van der Waals surface area contributed by atoms with E-state index >= 15 is 0 Å². The van der Waals surface area contributed by atoms with Crippen LogP contribution in [-0.2, 0) is 0 Å². The Morgan fingerprint density at radius 1 is 1.25 bits per heavy atom. The first-order valence-electron chi connectivity index (χ1n) is 9.15. The average molecular weight is 425 g/mol. The minimum Gasteiger partial charge on any atom is -0.493 e. The number of likely N-dealkylation sites (tertiary alicyclic amines) is 1. The smallest absolute Gasteiger partial charge is 0.254 e. The highest BCUT2D eigenvalue weighted by Crippen LogP contribution is 2.37. The number of nitrogens with two attached hydrogens (primary N) is 1. The minimum absolute atomic E-state index is 0. The summed E-state index contributed by atoms with van der Waals surface area (Å²) in [6.07, 6.45) is 0.854. The zero-order chi connectivity index (χ0) is 19.4. The topological polar surface area (TPSA) is 64.8 Å². The van der Waals surface area contributed by atoms with Gasteiger partial charge in [0.25, 0.3) is 5.91 Å². The number of rotatable bonds is 6. The molecule has 2 aromatic carbocycles. The maximum atomic E-state index is 13.0. The Morgan fingerprint density at radius 3 is 2.61 bits per heavy atom. The van der Waals surface area contributed by atoms with Crippen molar-refractivity contribution in [3.8, 4) is 11.5 Å². The summed E-state index contributed by atoms with van der Waals surface area (Å²) in [5.74, 6) is 0.950. The second kappa shape index (κ2) is 10.0. The number of hydrogen-bond acceptors (Lipinski definition) is 4. The van der Waals surface area contributed by atoms with Crippen LogP contribution >= 0.6 is 24.0 Å². The summed E-state index contributed by atoms with van der Waals surface area (Å²) in [4.78, 5) is 14.8. The fraction of sp³-hybridized carbons (Fsp3) is 0.381. The van der Waals surface area contributed by atoms with Crippen molar-refractivity contribution in [3.63, 3.8) is 0 Å². The number of carbonyl (C=O) groups excluding carboxylic acids is 1. The van der Waals surface area contributed by atoms with Crippen LogP contribution in [0.5, 0.6) is 11.5 Å². The van der Waals surface area contributed by atoms with E-state index in [0.717, 1.165) is 12.0 Å². The third kappa shape index (κ3) is 4.72. The van der Waals surface area contributed by atoms with E-state index in [2.05, 4.69) is 12.1 Å². The van der Waals surface area contributed by atoms with E-state index in [1.165, 1.54) is 7.11 Å². The molecular formula is C21H26Cl2N2O3. The number of benzene rings is 2. The molecule has 1 heterocycles. The molecule has 7 heteroatoms. The lowest BCUT2D eigenvalue weighted by Gasteiger charge is -2.18. The fourth-order valence-electron chi connectivity index (χ4n) is 3.42. The maximum absolute atomic E-state index is 13.0. The van der Waals surface area contributed by atoms with Crippen molar-refractivity contribution < 1.29 is 14.3 Å². The molecule has 1 amide bonds. The van der Waals surface area contributed by atoms with E-state index in [1.54, 1.807) is 17.0 Å². The second-order valence-electron chi connectivity index (χ2n) is 6.73. The molecule has 5 nitrogen and oxygen atoms in total. The molecule has 2 atom stereocenters. The van der Waals surface area contributed by atoms with Crippen LogP contribution in [0.3, 0.4) is 0 Å². The van der Waals surface area contributed by atoms with Crippen molar-refractivity contribution in [2.24, 2.45) is 5.73 Å². The highest BCUT2D eigenvalue weighted by Gasteiger charge is 2.34. The summed E-state index contributed by atoms with van der Waals surface area (Å²) >= 11 is 6.35. The largest absolute Gasteiger partial charge is 0.493 e. The zero-order valence-corrected chi connectivity index (χ0v) is 17.6. The third-order valence-corrected chi connectivity index (χ3v) is 5.09. The van der Waals surface area contributed by atoms with Gasteiger partial charge in [0.1, 0.15) is 0 Å². The Morgan fingerprint density at radius 2 is 1.96 bits per heavy atom. The van der Waals surface area contributed by atoms with Crippen LogP contribution in [0.25, 0.3) is 0 Å². The van der Waals surface area contributed by atoms with E-state index in [-0.39, 0.29) is 30.3 Å². The molecule has 3 rings (SSSR count). The van der Waals surface area contributed by atoms with Gasteiger partial charge in [-0.05, 0) is 24.1 Å². The standard InChI is InChI=1S/C21H25ClN2O3.ClH/c1-3-9-27-20-17(22)10-15(11-19(20)26-2)21(25)24-12-16(18(23)13-24)14-7-5-4-6-8-14;/h4-8,10-11,16,18H,3,9,12-13,23H2,1-2H3;1H/t16-,18+;/m0./s1. The van der Waals surface area contributed by atoms with Crippen molar-refractivity contribution in [2.45, 2.75) is 25.3 Å². The van der Waals surface area contributed by atoms with Gasteiger partial charge in [-0.25, -0.2) is 0 Å². The van der Waals surface area contributed by atoms with Gasteiger partial charge >= 0.3 is 0 Å². The number of ether oxygens (including phenoxy) is 2. The third-order valence-electron chi connectivity index (χ3n) is 4.81. The van der Waals surface area contributed by atoms with Crippen LogP contribution in [0.15, 0.2) is 42.5 Å². The molecule has 0 aromatic heterocycles. The van der Waals surface area contributed by atoms with Gasteiger partial charge < -0.3 is 20.1 Å². The van der Waals surface area contributed by atoms with E-state index in [4.69, 9.17) is 26.8 Å². The lowest BCUT2D eigenvalue weighted by atomic mass is 9.95. The molecule has 2 N–H and O–H groups in total. The maximum Gasteiger partial charge on any atom is 0.254 e. The van der Waals surface area contributed by atoms with Crippen molar-refractivity contribution >= 4 is 29.9 Å². The number of amides is 1. The van der Waals surface area contributed by atoms with Crippen LogP contribution in [-0.4, -0.2) is 43.7 Å². The Kier molecular flexibility index (Phi) is 7.98. The lowest BCUT2D eigenvalue weighted by Crippen LogP contribution is -2.32.